The highest BCUT2D eigenvalue weighted by atomic mass is 15.0. The van der Waals surface area contributed by atoms with Crippen molar-refractivity contribution in [2.75, 3.05) is 18.4 Å². The Balaban J connectivity index is 1.64. The van der Waals surface area contributed by atoms with Crippen LogP contribution in [0.2, 0.25) is 0 Å². The van der Waals surface area contributed by atoms with Crippen molar-refractivity contribution in [2.45, 2.75) is 31.7 Å². The molecule has 3 heteroatoms. The van der Waals surface area contributed by atoms with Gasteiger partial charge in [-0.2, -0.15) is 0 Å². The molecule has 17 heavy (non-hydrogen) atoms. The third-order valence-corrected chi connectivity index (χ3v) is 3.59. The second-order valence-corrected chi connectivity index (χ2v) is 4.86. The zero-order valence-corrected chi connectivity index (χ0v) is 10.1. The molecule has 90 valence electrons. The lowest BCUT2D eigenvalue weighted by atomic mass is 10.0. The molecular weight excluding hydrogens is 210 g/mol. The van der Waals surface area contributed by atoms with E-state index in [9.17, 15) is 0 Å². The van der Waals surface area contributed by atoms with Crippen LogP contribution in [0.5, 0.6) is 0 Å². The smallest absolute Gasteiger partial charge is 0.101 e. The monoisotopic (exact) mass is 229 g/mol. The maximum Gasteiger partial charge on any atom is 0.101 e. The Kier molecular flexibility index (Phi) is 3.10. The van der Waals surface area contributed by atoms with Gasteiger partial charge in [0.2, 0.25) is 0 Å². The number of para-hydroxylation sites is 1. The van der Waals surface area contributed by atoms with Crippen LogP contribution in [0.1, 0.15) is 24.8 Å². The Morgan fingerprint density at radius 2 is 2.18 bits per heavy atom. The van der Waals surface area contributed by atoms with E-state index in [0.29, 0.717) is 6.04 Å². The van der Waals surface area contributed by atoms with Crippen LogP contribution in [0.3, 0.4) is 0 Å². The molecule has 0 aliphatic carbocycles. The quantitative estimate of drug-likeness (QED) is 0.815. The van der Waals surface area contributed by atoms with E-state index in [1.54, 1.807) is 0 Å². The van der Waals surface area contributed by atoms with Gasteiger partial charge < -0.3 is 10.6 Å². The number of benzene rings is 1. The molecule has 1 saturated heterocycles. The number of amidine groups is 1. The van der Waals surface area contributed by atoms with Crippen molar-refractivity contribution in [3.05, 3.63) is 29.8 Å². The number of nitrogens with one attached hydrogen (secondary N) is 2. The Labute approximate surface area is 102 Å². The number of hydrogen-bond donors (Lipinski definition) is 2. The molecule has 0 radical (unpaired) electrons. The van der Waals surface area contributed by atoms with E-state index in [1.807, 2.05) is 0 Å². The molecular formula is C14H19N3. The fraction of sp³-hybridized carbons (Fsp3) is 0.500. The number of anilines is 1. The van der Waals surface area contributed by atoms with Gasteiger partial charge in [-0.25, -0.2) is 0 Å². The van der Waals surface area contributed by atoms with Gasteiger partial charge in [-0.05, 0) is 37.4 Å². The lowest BCUT2D eigenvalue weighted by Crippen LogP contribution is -2.27. The highest BCUT2D eigenvalue weighted by Crippen LogP contribution is 2.22. The third-order valence-electron chi connectivity index (χ3n) is 3.59. The van der Waals surface area contributed by atoms with E-state index in [1.165, 1.54) is 24.1 Å². The summed E-state index contributed by atoms with van der Waals surface area (Å²) in [5, 5.41) is 6.92. The average molecular weight is 229 g/mol. The summed E-state index contributed by atoms with van der Waals surface area (Å²) < 4.78 is 0. The number of aryl methyl sites for hydroxylation is 1. The van der Waals surface area contributed by atoms with Gasteiger partial charge in [0.15, 0.2) is 0 Å². The van der Waals surface area contributed by atoms with Crippen LogP contribution in [-0.4, -0.2) is 25.0 Å². The standard InChI is InChI=1S/C14H19N3/c1-2-6-13-11(4-1)7-8-14(17-13)16-10-12-5-3-9-15-12/h1-2,4,6,12,15H,3,5,7-10H2,(H,16,17). The minimum atomic E-state index is 0.599. The molecule has 0 bridgehead atoms. The normalized spacial score (nSPS) is 25.6. The van der Waals surface area contributed by atoms with Gasteiger partial charge in [-0.1, -0.05) is 18.2 Å². The summed E-state index contributed by atoms with van der Waals surface area (Å²) in [6, 6.07) is 9.11. The first kappa shape index (κ1) is 10.8. The Morgan fingerprint density at radius 3 is 3.06 bits per heavy atom. The molecule has 0 amide bonds. The SMILES string of the molecule is c1ccc2c(c1)CCC(=NCC1CCCN1)N2. The van der Waals surface area contributed by atoms with Gasteiger partial charge in [0.25, 0.3) is 0 Å². The fourth-order valence-electron chi connectivity index (χ4n) is 2.58. The van der Waals surface area contributed by atoms with Crippen LogP contribution < -0.4 is 10.6 Å². The molecule has 1 unspecified atom stereocenters. The summed E-state index contributed by atoms with van der Waals surface area (Å²) in [5.74, 6) is 1.15. The van der Waals surface area contributed by atoms with Gasteiger partial charge in [-0.3, -0.25) is 4.99 Å². The van der Waals surface area contributed by atoms with Crippen molar-refractivity contribution >= 4 is 11.5 Å². The summed E-state index contributed by atoms with van der Waals surface area (Å²) in [5.41, 5.74) is 2.64. The lowest BCUT2D eigenvalue weighted by molar-refractivity contribution is 0.616. The van der Waals surface area contributed by atoms with Crippen molar-refractivity contribution in [2.24, 2.45) is 4.99 Å². The van der Waals surface area contributed by atoms with E-state index in [2.05, 4.69) is 34.9 Å². The maximum atomic E-state index is 4.71. The molecule has 0 spiro atoms. The largest absolute Gasteiger partial charge is 0.344 e. The summed E-state index contributed by atoms with van der Waals surface area (Å²) in [6.07, 6.45) is 4.73. The topological polar surface area (TPSA) is 36.4 Å². The zero-order valence-electron chi connectivity index (χ0n) is 10.1. The molecule has 3 nitrogen and oxygen atoms in total. The average Bonchev–Trinajstić information content (AvgIpc) is 2.89. The van der Waals surface area contributed by atoms with Crippen LogP contribution in [-0.2, 0) is 6.42 Å². The number of fused-ring (bicyclic) bond motifs is 1. The fourth-order valence-corrected chi connectivity index (χ4v) is 2.58. The minimum Gasteiger partial charge on any atom is -0.344 e. The molecule has 1 atom stereocenters. The van der Waals surface area contributed by atoms with E-state index in [-0.39, 0.29) is 0 Å². The summed E-state index contributed by atoms with van der Waals surface area (Å²) >= 11 is 0. The van der Waals surface area contributed by atoms with Gasteiger partial charge in [0.05, 0.1) is 6.54 Å². The van der Waals surface area contributed by atoms with Crippen molar-refractivity contribution < 1.29 is 0 Å². The van der Waals surface area contributed by atoms with Crippen molar-refractivity contribution in [3.8, 4) is 0 Å². The minimum absolute atomic E-state index is 0.599. The van der Waals surface area contributed by atoms with Gasteiger partial charge >= 0.3 is 0 Å². The summed E-state index contributed by atoms with van der Waals surface area (Å²) in [7, 11) is 0. The molecule has 1 aromatic carbocycles. The second-order valence-electron chi connectivity index (χ2n) is 4.86. The number of aliphatic imine (C=N–C) groups is 1. The third kappa shape index (κ3) is 2.50. The molecule has 0 aromatic heterocycles. The Bertz CT molecular complexity index is 419. The van der Waals surface area contributed by atoms with Gasteiger partial charge in [0, 0.05) is 18.2 Å². The number of rotatable bonds is 2. The first-order valence-corrected chi connectivity index (χ1v) is 6.53. The molecule has 1 aromatic rings. The van der Waals surface area contributed by atoms with Crippen LogP contribution >= 0.6 is 0 Å². The van der Waals surface area contributed by atoms with Crippen molar-refractivity contribution in [1.82, 2.24) is 5.32 Å². The number of hydrogen-bond acceptors (Lipinski definition) is 2. The Morgan fingerprint density at radius 1 is 1.24 bits per heavy atom. The zero-order chi connectivity index (χ0) is 11.5. The molecule has 1 fully saturated rings. The van der Waals surface area contributed by atoms with E-state index >= 15 is 0 Å². The summed E-state index contributed by atoms with van der Waals surface area (Å²) in [6.45, 7) is 2.08. The molecule has 2 heterocycles. The number of nitrogens with zero attached hydrogens (tertiary/aromatic N) is 1. The first-order valence-electron chi connectivity index (χ1n) is 6.53. The van der Waals surface area contributed by atoms with E-state index < -0.39 is 0 Å². The van der Waals surface area contributed by atoms with Crippen molar-refractivity contribution in [1.29, 1.82) is 0 Å². The van der Waals surface area contributed by atoms with Crippen LogP contribution in [0.4, 0.5) is 5.69 Å². The van der Waals surface area contributed by atoms with E-state index in [0.717, 1.165) is 31.8 Å². The van der Waals surface area contributed by atoms with E-state index in [4.69, 9.17) is 4.99 Å². The second kappa shape index (κ2) is 4.88. The predicted octanol–water partition coefficient (Wildman–Crippen LogP) is 2.20. The molecule has 2 aliphatic heterocycles. The first-order chi connectivity index (χ1) is 8.42. The molecule has 2 aliphatic rings. The lowest BCUT2D eigenvalue weighted by Gasteiger charge is -2.20. The van der Waals surface area contributed by atoms with Crippen LogP contribution in [0.15, 0.2) is 29.3 Å². The summed E-state index contributed by atoms with van der Waals surface area (Å²) in [4.78, 5) is 4.71. The molecule has 0 saturated carbocycles. The van der Waals surface area contributed by atoms with Gasteiger partial charge in [-0.15, -0.1) is 0 Å². The van der Waals surface area contributed by atoms with Crippen LogP contribution in [0.25, 0.3) is 0 Å². The van der Waals surface area contributed by atoms with Crippen LogP contribution in [0, 0.1) is 0 Å². The highest BCUT2D eigenvalue weighted by molar-refractivity contribution is 5.98. The van der Waals surface area contributed by atoms with Crippen molar-refractivity contribution in [3.63, 3.8) is 0 Å². The van der Waals surface area contributed by atoms with Gasteiger partial charge in [0.1, 0.15) is 5.84 Å². The highest BCUT2D eigenvalue weighted by Gasteiger charge is 2.15. The predicted molar refractivity (Wildman–Crippen MR) is 71.7 cm³/mol. The Hall–Kier alpha value is -1.35. The molecule has 3 rings (SSSR count). The molecule has 2 N–H and O–H groups in total. The maximum absolute atomic E-state index is 4.71.